The van der Waals surface area contributed by atoms with Crippen LogP contribution < -0.4 is 4.90 Å². The average molecular weight is 305 g/mol. The summed E-state index contributed by atoms with van der Waals surface area (Å²) in [5.74, 6) is 0.498. The quantitative estimate of drug-likeness (QED) is 0.930. The molecule has 1 fully saturated rings. The van der Waals surface area contributed by atoms with Crippen LogP contribution in [0.15, 0.2) is 18.2 Å². The Bertz CT molecular complexity index is 513. The van der Waals surface area contributed by atoms with E-state index in [1.807, 2.05) is 0 Å². The lowest BCUT2D eigenvalue weighted by Crippen LogP contribution is -2.32. The maximum atomic E-state index is 12.7. The number of aromatic carboxylic acids is 1. The molecule has 1 aromatic carbocycles. The summed E-state index contributed by atoms with van der Waals surface area (Å²) in [4.78, 5) is 13.0. The van der Waals surface area contributed by atoms with E-state index in [9.17, 15) is 18.0 Å². The zero-order valence-corrected chi connectivity index (χ0v) is 11.6. The highest BCUT2D eigenvalue weighted by Gasteiger charge is 2.33. The van der Waals surface area contributed by atoms with Crippen molar-refractivity contribution >= 4 is 23.4 Å². The lowest BCUT2D eigenvalue weighted by atomic mass is 10.1. The summed E-state index contributed by atoms with van der Waals surface area (Å²) in [7, 11) is 1.73. The number of carbonyl (C=O) groups is 1. The van der Waals surface area contributed by atoms with Gasteiger partial charge in [-0.05, 0) is 30.4 Å². The van der Waals surface area contributed by atoms with Crippen molar-refractivity contribution in [1.82, 2.24) is 0 Å². The number of nitrogens with zero attached hydrogens (tertiary/aromatic N) is 1. The van der Waals surface area contributed by atoms with Crippen molar-refractivity contribution in [2.75, 3.05) is 23.5 Å². The first-order valence-corrected chi connectivity index (χ1v) is 7.21. The largest absolute Gasteiger partial charge is 0.478 e. The normalized spacial score (nSPS) is 19.1. The molecular weight excluding hydrogens is 291 g/mol. The number of anilines is 1. The molecule has 3 nitrogen and oxygen atoms in total. The minimum Gasteiger partial charge on any atom is -0.478 e. The van der Waals surface area contributed by atoms with Crippen molar-refractivity contribution in [2.45, 2.75) is 18.6 Å². The van der Waals surface area contributed by atoms with E-state index in [1.54, 1.807) is 23.7 Å². The highest BCUT2D eigenvalue weighted by molar-refractivity contribution is 7.99. The highest BCUT2D eigenvalue weighted by atomic mass is 32.2. The molecule has 0 aromatic heterocycles. The van der Waals surface area contributed by atoms with Crippen molar-refractivity contribution in [3.05, 3.63) is 29.3 Å². The van der Waals surface area contributed by atoms with Crippen LogP contribution in [0.25, 0.3) is 0 Å². The van der Waals surface area contributed by atoms with Crippen LogP contribution in [0.2, 0.25) is 0 Å². The predicted molar refractivity (Wildman–Crippen MR) is 72.5 cm³/mol. The van der Waals surface area contributed by atoms with Gasteiger partial charge in [0.05, 0.1) is 16.8 Å². The molecule has 0 bridgehead atoms. The Labute approximate surface area is 118 Å². The van der Waals surface area contributed by atoms with Gasteiger partial charge in [0.25, 0.3) is 0 Å². The Morgan fingerprint density at radius 1 is 1.45 bits per heavy atom. The second kappa shape index (κ2) is 5.55. The first-order valence-electron chi connectivity index (χ1n) is 6.06. The number of hydrogen-bond acceptors (Lipinski definition) is 3. The smallest absolute Gasteiger partial charge is 0.416 e. The minimum absolute atomic E-state index is 0.162. The van der Waals surface area contributed by atoms with E-state index in [1.165, 1.54) is 6.07 Å². The van der Waals surface area contributed by atoms with E-state index in [2.05, 4.69) is 0 Å². The van der Waals surface area contributed by atoms with Gasteiger partial charge in [-0.25, -0.2) is 4.79 Å². The second-order valence-corrected chi connectivity index (χ2v) is 5.81. The van der Waals surface area contributed by atoms with Gasteiger partial charge in [-0.3, -0.25) is 0 Å². The summed E-state index contributed by atoms with van der Waals surface area (Å²) >= 11 is 1.76. The fraction of sp³-hybridized carbons (Fsp3) is 0.462. The molecule has 1 unspecified atom stereocenters. The van der Waals surface area contributed by atoms with Crippen LogP contribution in [0.5, 0.6) is 0 Å². The summed E-state index contributed by atoms with van der Waals surface area (Å²) < 4.78 is 38.0. The van der Waals surface area contributed by atoms with Crippen LogP contribution >= 0.6 is 11.8 Å². The topological polar surface area (TPSA) is 40.5 Å². The SMILES string of the molecule is CN(c1ccc(C(F)(F)F)cc1C(=O)O)C1CCSC1. The number of hydrogen-bond donors (Lipinski definition) is 1. The molecule has 7 heteroatoms. The van der Waals surface area contributed by atoms with Crippen LogP contribution in [0.3, 0.4) is 0 Å². The molecule has 0 radical (unpaired) electrons. The number of carboxylic acid groups (broad SMARTS) is 1. The Hall–Kier alpha value is -1.37. The van der Waals surface area contributed by atoms with Crippen LogP contribution in [-0.4, -0.2) is 35.7 Å². The van der Waals surface area contributed by atoms with Gasteiger partial charge in [0, 0.05) is 18.8 Å². The lowest BCUT2D eigenvalue weighted by molar-refractivity contribution is -0.137. The molecule has 1 heterocycles. The third-order valence-electron chi connectivity index (χ3n) is 3.39. The van der Waals surface area contributed by atoms with Crippen LogP contribution in [0.1, 0.15) is 22.3 Å². The van der Waals surface area contributed by atoms with Crippen LogP contribution in [0, 0.1) is 0 Å². The number of rotatable bonds is 3. The first-order chi connectivity index (χ1) is 9.30. The molecular formula is C13H14F3NO2S. The lowest BCUT2D eigenvalue weighted by Gasteiger charge is -2.27. The van der Waals surface area contributed by atoms with Gasteiger partial charge >= 0.3 is 12.1 Å². The standard InChI is InChI=1S/C13H14F3NO2S/c1-17(9-4-5-20-7-9)11-3-2-8(13(14,15)16)6-10(11)12(18)19/h2-3,6,9H,4-5,7H2,1H3,(H,18,19). The molecule has 1 aromatic rings. The Kier molecular flexibility index (Phi) is 4.17. The zero-order valence-electron chi connectivity index (χ0n) is 10.8. The summed E-state index contributed by atoms with van der Waals surface area (Å²) in [5.41, 5.74) is -0.912. The molecule has 1 N–H and O–H groups in total. The first kappa shape index (κ1) is 15.0. The third kappa shape index (κ3) is 3.03. The molecule has 20 heavy (non-hydrogen) atoms. The molecule has 1 aliphatic rings. The average Bonchev–Trinajstić information content (AvgIpc) is 2.89. The second-order valence-electron chi connectivity index (χ2n) is 4.66. The fourth-order valence-corrected chi connectivity index (χ4v) is 3.48. The van der Waals surface area contributed by atoms with E-state index < -0.39 is 17.7 Å². The van der Waals surface area contributed by atoms with Crippen molar-refractivity contribution in [2.24, 2.45) is 0 Å². The van der Waals surface area contributed by atoms with Gasteiger partial charge in [0.15, 0.2) is 0 Å². The monoisotopic (exact) mass is 305 g/mol. The predicted octanol–water partition coefficient (Wildman–Crippen LogP) is 3.35. The van der Waals surface area contributed by atoms with Crippen molar-refractivity contribution in [1.29, 1.82) is 0 Å². The van der Waals surface area contributed by atoms with E-state index in [0.717, 1.165) is 24.0 Å². The van der Waals surface area contributed by atoms with Crippen molar-refractivity contribution in [3.63, 3.8) is 0 Å². The Morgan fingerprint density at radius 2 is 2.15 bits per heavy atom. The summed E-state index contributed by atoms with van der Waals surface area (Å²) in [6, 6.07) is 3.04. The van der Waals surface area contributed by atoms with Crippen LogP contribution in [-0.2, 0) is 6.18 Å². The molecule has 0 aliphatic carbocycles. The van der Waals surface area contributed by atoms with E-state index in [4.69, 9.17) is 5.11 Å². The zero-order chi connectivity index (χ0) is 14.9. The summed E-state index contributed by atoms with van der Waals surface area (Å²) in [5, 5.41) is 9.15. The number of halogens is 3. The molecule has 1 saturated heterocycles. The Balaban J connectivity index is 2.39. The Morgan fingerprint density at radius 3 is 2.65 bits per heavy atom. The molecule has 0 saturated carbocycles. The number of carboxylic acids is 1. The third-order valence-corrected chi connectivity index (χ3v) is 4.53. The molecule has 0 spiro atoms. The maximum Gasteiger partial charge on any atom is 0.416 e. The number of thioether (sulfide) groups is 1. The van der Waals surface area contributed by atoms with E-state index >= 15 is 0 Å². The van der Waals surface area contributed by atoms with E-state index in [0.29, 0.717) is 11.8 Å². The summed E-state index contributed by atoms with van der Waals surface area (Å²) in [6.45, 7) is 0. The molecule has 1 aliphatic heterocycles. The number of alkyl halides is 3. The van der Waals surface area contributed by atoms with E-state index in [-0.39, 0.29) is 11.6 Å². The van der Waals surface area contributed by atoms with Gasteiger partial charge in [0.1, 0.15) is 0 Å². The molecule has 0 amide bonds. The van der Waals surface area contributed by atoms with Crippen molar-refractivity contribution < 1.29 is 23.1 Å². The minimum atomic E-state index is -4.54. The van der Waals surface area contributed by atoms with Gasteiger partial charge < -0.3 is 10.0 Å². The molecule has 110 valence electrons. The van der Waals surface area contributed by atoms with Gasteiger partial charge in [-0.1, -0.05) is 0 Å². The van der Waals surface area contributed by atoms with Gasteiger partial charge in [-0.15, -0.1) is 0 Å². The number of benzene rings is 1. The van der Waals surface area contributed by atoms with Crippen LogP contribution in [0.4, 0.5) is 18.9 Å². The maximum absolute atomic E-state index is 12.7. The van der Waals surface area contributed by atoms with Crippen molar-refractivity contribution in [3.8, 4) is 0 Å². The molecule has 2 rings (SSSR count). The highest BCUT2D eigenvalue weighted by Crippen LogP contribution is 2.34. The van der Waals surface area contributed by atoms with Gasteiger partial charge in [-0.2, -0.15) is 24.9 Å². The molecule has 1 atom stereocenters. The summed E-state index contributed by atoms with van der Waals surface area (Å²) in [6.07, 6.45) is -3.63. The fourth-order valence-electron chi connectivity index (χ4n) is 2.22. The van der Waals surface area contributed by atoms with Gasteiger partial charge in [0.2, 0.25) is 0 Å².